The highest BCUT2D eigenvalue weighted by Gasteiger charge is 2.41. The van der Waals surface area contributed by atoms with Gasteiger partial charge in [0.2, 0.25) is 0 Å². The van der Waals surface area contributed by atoms with Gasteiger partial charge in [0.15, 0.2) is 0 Å². The lowest BCUT2D eigenvalue weighted by Crippen LogP contribution is -2.57. The Hall–Kier alpha value is -7.96. The van der Waals surface area contributed by atoms with Crippen molar-refractivity contribution in [2.75, 3.05) is 151 Å². The van der Waals surface area contributed by atoms with E-state index in [4.69, 9.17) is 98.8 Å². The maximum absolute atomic E-state index is 6.14. The van der Waals surface area contributed by atoms with Crippen LogP contribution in [0.4, 0.5) is 0 Å². The molecule has 20 rings (SSSR count). The van der Waals surface area contributed by atoms with Crippen molar-refractivity contribution in [2.24, 2.45) is 79.7 Å². The quantitative estimate of drug-likeness (QED) is 0.0613. The predicted octanol–water partition coefficient (Wildman–Crippen LogP) is 11.9. The first-order valence-electron chi connectivity index (χ1n) is 48.4. The molecule has 5 unspecified atom stereocenters. The third-order valence-corrected chi connectivity index (χ3v) is 30.3. The Balaban J connectivity index is 0.000000121. The number of nitrogens with two attached hydrogens (primary N) is 5. The lowest BCUT2D eigenvalue weighted by molar-refractivity contribution is -0.0857. The summed E-state index contributed by atoms with van der Waals surface area (Å²) in [6, 6.07) is 46.7. The fourth-order valence-electron chi connectivity index (χ4n) is 21.5. The first-order valence-corrected chi connectivity index (χ1v) is 50.7. The summed E-state index contributed by atoms with van der Waals surface area (Å²) in [7, 11) is 0. The van der Waals surface area contributed by atoms with Crippen LogP contribution < -0.4 is 28.7 Å². The van der Waals surface area contributed by atoms with Gasteiger partial charge in [-0.1, -0.05) is 130 Å². The van der Waals surface area contributed by atoms with Crippen molar-refractivity contribution < 1.29 is 23.7 Å². The third-order valence-electron chi connectivity index (χ3n) is 28.8. The van der Waals surface area contributed by atoms with Gasteiger partial charge in [-0.25, -0.2) is 0 Å². The average Bonchev–Trinajstić information content (AvgIpc) is 1.47. The van der Waals surface area contributed by atoms with E-state index in [9.17, 15) is 0 Å². The van der Waals surface area contributed by atoms with E-state index in [-0.39, 0.29) is 6.10 Å². The van der Waals surface area contributed by atoms with Crippen molar-refractivity contribution in [1.82, 2.24) is 49.0 Å². The molecule has 7 atom stereocenters. The molecule has 5 aromatic carbocycles. The number of amidine groups is 10. The van der Waals surface area contributed by atoms with E-state index in [0.717, 1.165) is 308 Å². The molecular weight excluding hydrogens is 1830 g/mol. The molecule has 0 bridgehead atoms. The minimum absolute atomic E-state index is 0.289. The highest BCUT2D eigenvalue weighted by Crippen LogP contribution is 2.34. The first-order chi connectivity index (χ1) is 64.8. The summed E-state index contributed by atoms with van der Waals surface area (Å²) >= 11 is 27.6. The highest BCUT2D eigenvalue weighted by molar-refractivity contribution is 9.10. The fraction of sp³-hybridized carbons (Fsp3) is 0.592. The maximum atomic E-state index is 6.14. The van der Waals surface area contributed by atoms with E-state index in [1.807, 2.05) is 48.5 Å². The van der Waals surface area contributed by atoms with E-state index in [1.54, 1.807) is 0 Å². The zero-order valence-corrected chi connectivity index (χ0v) is 82.0. The molecule has 0 amide bonds. The first kappa shape index (κ1) is 98.1. The Morgan fingerprint density at radius 1 is 0.301 bits per heavy atom. The lowest BCUT2D eigenvalue weighted by atomic mass is 9.95. The van der Waals surface area contributed by atoms with E-state index < -0.39 is 0 Å². The summed E-state index contributed by atoms with van der Waals surface area (Å²) in [6.07, 6.45) is 21.7. The van der Waals surface area contributed by atoms with E-state index in [1.165, 1.54) is 27.8 Å². The van der Waals surface area contributed by atoms with Crippen LogP contribution in [0.5, 0.6) is 0 Å². The molecule has 10 N–H and O–H groups in total. The van der Waals surface area contributed by atoms with Crippen LogP contribution in [0.15, 0.2) is 177 Å². The average molecular weight is 1970 g/mol. The molecule has 15 aliphatic rings. The van der Waals surface area contributed by atoms with Gasteiger partial charge in [-0.05, 0) is 198 Å². The summed E-state index contributed by atoms with van der Waals surface area (Å²) in [5.41, 5.74) is 35.5. The molecule has 0 aromatic heterocycles. The topological polar surface area (TPSA) is 332 Å². The van der Waals surface area contributed by atoms with Crippen LogP contribution in [-0.2, 0) is 55.8 Å². The Morgan fingerprint density at radius 2 is 0.534 bits per heavy atom. The van der Waals surface area contributed by atoms with Gasteiger partial charge < -0.3 is 76.9 Å². The van der Waals surface area contributed by atoms with Crippen molar-refractivity contribution >= 4 is 121 Å². The standard InChI is InChI=1S/C21H30ClN5O.C20H28ClN5O.C19H26BrN5O.2C19H26ClN5O/c1-2-19-13-27(18(14-28-19)11-15-3-5-16(22)6-4-15)17-7-9-26(10-8-17)21-12-20(23)24-25-21;1-14-12-26(18(13-27-14)10-15-2-4-16(21)5-3-15)17-6-8-25(9-7-17)20-11-19(22)23-24-20;3*20-15-3-1-14(2-4-15)11-17-13-26-10-9-25(17)16-5-7-24(8-6-16)19-12-18(21)22-23-19/h3-6,17-19H,2,7-14H2,1H3,(H2,23,24);2-5,14,17-18H,6-13H2,1H3,(H2,22,23);3*1-4,16-17H,5-13H2,(H2,21,22)/t18?,19-;14-,18?;;;/m00.../s1. The molecule has 0 aliphatic carbocycles. The van der Waals surface area contributed by atoms with Crippen molar-refractivity contribution in [3.8, 4) is 0 Å². The number of ether oxygens (including phenoxy) is 5. The second kappa shape index (κ2) is 48.4. The smallest absolute Gasteiger partial charge is 0.135 e. The zero-order valence-electron chi connectivity index (χ0n) is 77.3. The van der Waals surface area contributed by atoms with Gasteiger partial charge in [-0.3, -0.25) is 24.5 Å². The van der Waals surface area contributed by atoms with Crippen LogP contribution in [0, 0.1) is 0 Å². The number of hydrogen-bond acceptors (Lipinski definition) is 30. The van der Waals surface area contributed by atoms with Crippen molar-refractivity contribution in [1.29, 1.82) is 0 Å². The molecule has 15 heterocycles. The van der Waals surface area contributed by atoms with Crippen LogP contribution in [-0.4, -0.2) is 331 Å². The van der Waals surface area contributed by atoms with E-state index in [0.29, 0.717) is 128 Å². The van der Waals surface area contributed by atoms with Crippen molar-refractivity contribution in [2.45, 2.75) is 221 Å². The maximum Gasteiger partial charge on any atom is 0.135 e. The van der Waals surface area contributed by atoms with Crippen LogP contribution in [0.2, 0.25) is 20.1 Å². The highest BCUT2D eigenvalue weighted by atomic mass is 79.9. The van der Waals surface area contributed by atoms with Gasteiger partial charge in [0.1, 0.15) is 58.4 Å². The second-order valence-corrected chi connectivity index (χ2v) is 40.4. The normalized spacial score (nSPS) is 26.1. The van der Waals surface area contributed by atoms with Gasteiger partial charge in [0, 0.05) is 183 Å². The SMILES string of the molecule is CC[C@H]1CN(C2CCN(C3=NN=C(N)C3)CC2)C(Cc2ccc(Cl)cc2)CO1.C[C@H]1CN(C2CCN(C3=NN=C(N)C3)CC2)C(Cc2ccc(Cl)cc2)CO1.NC1=NN=C(N2CCC(N3CCOCC3Cc3ccc(Br)cc3)CC2)C1.NC1=NN=C(N2CCC(N3CCOCC3Cc3ccc(Cl)cc3)CC2)C1.NC1=NN=C(N2CCC(N3CCOCC3Cc3ccc(Cl)cc3)CC2)C1. The molecule has 10 saturated heterocycles. The summed E-state index contributed by atoms with van der Waals surface area (Å²) in [5.74, 6) is 8.27. The Labute approximate surface area is 813 Å². The zero-order chi connectivity index (χ0) is 92.1. The molecule has 0 spiro atoms. The number of likely N-dealkylation sites (tertiary alicyclic amines) is 5. The van der Waals surface area contributed by atoms with Gasteiger partial charge in [0.05, 0.1) is 97.2 Å². The van der Waals surface area contributed by atoms with E-state index >= 15 is 0 Å². The van der Waals surface area contributed by atoms with E-state index in [2.05, 4.69) is 203 Å². The molecule has 35 heteroatoms. The number of nitrogens with zero attached hydrogens (tertiary/aromatic N) is 20. The van der Waals surface area contributed by atoms with Gasteiger partial charge >= 0.3 is 0 Å². The number of halogens is 5. The molecular formula is C98H136BrCl4N25O5. The Kier molecular flexibility index (Phi) is 35.7. The predicted molar refractivity (Wildman–Crippen MR) is 540 cm³/mol. The molecule has 5 aromatic rings. The molecule has 15 aliphatic heterocycles. The largest absolute Gasteiger partial charge is 0.385 e. The van der Waals surface area contributed by atoms with Crippen molar-refractivity contribution in [3.63, 3.8) is 0 Å². The third kappa shape index (κ3) is 27.7. The summed E-state index contributed by atoms with van der Waals surface area (Å²) in [5, 5.41) is 44.2. The molecule has 0 radical (unpaired) electrons. The number of rotatable bonds is 16. The van der Waals surface area contributed by atoms with Crippen LogP contribution in [0.1, 0.15) is 144 Å². The van der Waals surface area contributed by atoms with Crippen LogP contribution in [0.3, 0.4) is 0 Å². The lowest BCUT2D eigenvalue weighted by Gasteiger charge is -2.47. The Bertz CT molecular complexity index is 4610. The van der Waals surface area contributed by atoms with Crippen LogP contribution >= 0.6 is 62.3 Å². The van der Waals surface area contributed by atoms with Gasteiger partial charge in [-0.2, -0.15) is 0 Å². The van der Waals surface area contributed by atoms with Crippen molar-refractivity contribution in [3.05, 3.63) is 174 Å². The Morgan fingerprint density at radius 3 is 0.782 bits per heavy atom. The minimum Gasteiger partial charge on any atom is -0.385 e. The minimum atomic E-state index is 0.289. The molecule has 30 nitrogen and oxygen atoms in total. The van der Waals surface area contributed by atoms with Gasteiger partial charge in [0.25, 0.3) is 0 Å². The number of morpholine rings is 5. The summed E-state index contributed by atoms with van der Waals surface area (Å²) < 4.78 is 30.6. The summed E-state index contributed by atoms with van der Waals surface area (Å²) in [4.78, 5) is 25.1. The van der Waals surface area contributed by atoms with Crippen LogP contribution in [0.25, 0.3) is 0 Å². The number of benzene rings is 5. The number of hydrogen-bond donors (Lipinski definition) is 5. The number of piperidine rings is 5. The second-order valence-electron chi connectivity index (χ2n) is 37.8. The molecule has 0 saturated carbocycles. The van der Waals surface area contributed by atoms with Gasteiger partial charge in [-0.15, -0.1) is 51.0 Å². The fourth-order valence-corrected chi connectivity index (χ4v) is 22.3. The summed E-state index contributed by atoms with van der Waals surface area (Å²) in [6.45, 7) is 26.3. The molecule has 10 fully saturated rings. The molecule has 718 valence electrons. The molecule has 133 heavy (non-hydrogen) atoms. The monoisotopic (exact) mass is 1960 g/mol.